The minimum absolute atomic E-state index is 0.175. The molecule has 2 aliphatic rings. The van der Waals surface area contributed by atoms with E-state index >= 15 is 0 Å². The number of phenols is 2. The minimum atomic E-state index is -0.417. The second kappa shape index (κ2) is 10.9. The van der Waals surface area contributed by atoms with Gasteiger partial charge in [-0.2, -0.15) is 5.10 Å². The van der Waals surface area contributed by atoms with Gasteiger partial charge in [-0.25, -0.2) is 14.7 Å². The van der Waals surface area contributed by atoms with Crippen molar-refractivity contribution in [1.29, 1.82) is 0 Å². The molecule has 220 valence electrons. The zero-order valence-electron chi connectivity index (χ0n) is 24.8. The Balaban J connectivity index is 1.43. The summed E-state index contributed by atoms with van der Waals surface area (Å²) in [6.45, 7) is 8.15. The van der Waals surface area contributed by atoms with Crippen LogP contribution in [-0.4, -0.2) is 44.8 Å². The molecule has 7 rings (SSSR count). The highest BCUT2D eigenvalue weighted by molar-refractivity contribution is 6.51. The first-order valence-corrected chi connectivity index (χ1v) is 14.8. The first-order chi connectivity index (χ1) is 21.5. The first kappa shape index (κ1) is 27.3. The third kappa shape index (κ3) is 4.53. The van der Waals surface area contributed by atoms with Gasteiger partial charge in [0.15, 0.2) is 29.0 Å². The summed E-state index contributed by atoms with van der Waals surface area (Å²) >= 11 is 0. The number of aromatic nitrogens is 2. The second-order valence-electron chi connectivity index (χ2n) is 10.8. The molecule has 9 heteroatoms. The van der Waals surface area contributed by atoms with E-state index in [1.54, 1.807) is 6.07 Å². The number of benzene rings is 4. The van der Waals surface area contributed by atoms with E-state index in [0.29, 0.717) is 17.5 Å². The van der Waals surface area contributed by atoms with E-state index in [1.807, 2.05) is 72.3 Å². The number of nitrogens with one attached hydrogen (secondary N) is 1. The SMILES string of the molecule is CCN(CC)c1ccc(NC2=Nc3ccccc3N3C2=Nc2c(c(C)nn2-c2ccccc2)[C@@H]3c2ccc(O)c(O)c2)cc1. The van der Waals surface area contributed by atoms with Gasteiger partial charge in [-0.15, -0.1) is 0 Å². The number of anilines is 3. The lowest BCUT2D eigenvalue weighted by atomic mass is 9.93. The number of hydrogen-bond acceptors (Lipinski definition) is 8. The number of aliphatic imine (C=N–C) groups is 2. The summed E-state index contributed by atoms with van der Waals surface area (Å²) in [5.41, 5.74) is 7.10. The van der Waals surface area contributed by atoms with Crippen LogP contribution in [0, 0.1) is 6.92 Å². The van der Waals surface area contributed by atoms with Crippen molar-refractivity contribution in [3.63, 3.8) is 0 Å². The minimum Gasteiger partial charge on any atom is -0.504 e. The summed E-state index contributed by atoms with van der Waals surface area (Å²) in [4.78, 5) is 14.8. The molecule has 44 heavy (non-hydrogen) atoms. The summed E-state index contributed by atoms with van der Waals surface area (Å²) < 4.78 is 1.86. The van der Waals surface area contributed by atoms with Crippen molar-refractivity contribution in [1.82, 2.24) is 9.78 Å². The van der Waals surface area contributed by atoms with Crippen LogP contribution < -0.4 is 15.1 Å². The lowest BCUT2D eigenvalue weighted by molar-refractivity contribution is 0.403. The smallest absolute Gasteiger partial charge is 0.179 e. The maximum Gasteiger partial charge on any atom is 0.179 e. The topological polar surface area (TPSA) is 102 Å². The fraction of sp³-hybridized carbons (Fsp3) is 0.171. The van der Waals surface area contributed by atoms with Crippen LogP contribution in [-0.2, 0) is 0 Å². The molecule has 0 amide bonds. The number of para-hydroxylation sites is 3. The van der Waals surface area contributed by atoms with Crippen LogP contribution in [0.4, 0.5) is 28.6 Å². The molecule has 3 N–H and O–H groups in total. The maximum absolute atomic E-state index is 10.6. The molecular formula is C35H33N7O2. The Kier molecular flexibility index (Phi) is 6.77. The van der Waals surface area contributed by atoms with Crippen molar-refractivity contribution in [3.8, 4) is 17.2 Å². The third-order valence-corrected chi connectivity index (χ3v) is 8.21. The molecule has 2 aliphatic heterocycles. The molecule has 9 nitrogen and oxygen atoms in total. The van der Waals surface area contributed by atoms with Crippen LogP contribution in [0.1, 0.15) is 36.7 Å². The monoisotopic (exact) mass is 583 g/mol. The number of aryl methyl sites for hydroxylation is 1. The summed E-state index contributed by atoms with van der Waals surface area (Å²) in [5, 5.41) is 29.3. The lowest BCUT2D eigenvalue weighted by Crippen LogP contribution is -2.46. The van der Waals surface area contributed by atoms with E-state index < -0.39 is 6.04 Å². The van der Waals surface area contributed by atoms with Gasteiger partial charge in [-0.1, -0.05) is 36.4 Å². The Hall–Kier alpha value is -5.57. The molecule has 0 unspecified atom stereocenters. The number of phenolic OH excluding ortho intramolecular Hbond substituents is 2. The number of aromatic hydroxyl groups is 2. The average Bonchev–Trinajstić information content (AvgIpc) is 3.39. The molecule has 4 aromatic carbocycles. The Morgan fingerprint density at radius 1 is 0.818 bits per heavy atom. The molecule has 0 radical (unpaired) electrons. The molecular weight excluding hydrogens is 550 g/mol. The van der Waals surface area contributed by atoms with E-state index in [1.165, 1.54) is 6.07 Å². The molecule has 0 fully saturated rings. The maximum atomic E-state index is 10.6. The highest BCUT2D eigenvalue weighted by Gasteiger charge is 2.41. The lowest BCUT2D eigenvalue weighted by Gasteiger charge is -2.40. The van der Waals surface area contributed by atoms with Crippen molar-refractivity contribution in [2.45, 2.75) is 26.8 Å². The van der Waals surface area contributed by atoms with Crippen molar-refractivity contribution in [2.24, 2.45) is 9.98 Å². The second-order valence-corrected chi connectivity index (χ2v) is 10.8. The first-order valence-electron chi connectivity index (χ1n) is 14.8. The predicted molar refractivity (Wildman–Crippen MR) is 177 cm³/mol. The quantitative estimate of drug-likeness (QED) is 0.182. The number of rotatable bonds is 6. The molecule has 1 atom stereocenters. The van der Waals surface area contributed by atoms with Gasteiger partial charge in [0.1, 0.15) is 0 Å². The number of hydrogen-bond donors (Lipinski definition) is 3. The molecule has 0 bridgehead atoms. The van der Waals surface area contributed by atoms with Crippen LogP contribution in [0.2, 0.25) is 0 Å². The van der Waals surface area contributed by atoms with Gasteiger partial charge >= 0.3 is 0 Å². The summed E-state index contributed by atoms with van der Waals surface area (Å²) in [5.74, 6) is 1.54. The Morgan fingerprint density at radius 3 is 2.27 bits per heavy atom. The molecule has 0 saturated carbocycles. The van der Waals surface area contributed by atoms with E-state index in [9.17, 15) is 10.2 Å². The van der Waals surface area contributed by atoms with Crippen molar-refractivity contribution >= 4 is 40.2 Å². The summed E-state index contributed by atoms with van der Waals surface area (Å²) in [7, 11) is 0. The number of amidine groups is 2. The van der Waals surface area contributed by atoms with Crippen LogP contribution in [0.3, 0.4) is 0 Å². The van der Waals surface area contributed by atoms with Gasteiger partial charge in [0.25, 0.3) is 0 Å². The van der Waals surface area contributed by atoms with Crippen LogP contribution in [0.5, 0.6) is 11.5 Å². The van der Waals surface area contributed by atoms with Gasteiger partial charge in [-0.3, -0.25) is 0 Å². The molecule has 0 spiro atoms. The predicted octanol–water partition coefficient (Wildman–Crippen LogP) is 7.23. The van der Waals surface area contributed by atoms with Gasteiger partial charge in [0, 0.05) is 30.0 Å². The largest absolute Gasteiger partial charge is 0.504 e. The Bertz CT molecular complexity index is 1910. The van der Waals surface area contributed by atoms with Crippen molar-refractivity contribution in [3.05, 3.63) is 114 Å². The molecule has 0 saturated heterocycles. The zero-order chi connectivity index (χ0) is 30.4. The van der Waals surface area contributed by atoms with Gasteiger partial charge in [0.05, 0.1) is 28.8 Å². The van der Waals surface area contributed by atoms with E-state index in [2.05, 4.69) is 53.2 Å². The van der Waals surface area contributed by atoms with Crippen LogP contribution in [0.25, 0.3) is 5.69 Å². The standard InChI is InChI=1S/C35H33N7O2/c1-4-40(5-2)25-18-16-24(17-19-25)36-33-35-38-34-31(22(3)39-42(34)26-11-7-6-8-12-26)32(23-15-20-29(43)30(44)21-23)41(35)28-14-10-9-13-27(28)37-33/h6-21,32,43-44H,4-5H2,1-3H3,(H,36,37)/t32-/m0/s1. The third-order valence-electron chi connectivity index (χ3n) is 8.21. The van der Waals surface area contributed by atoms with Gasteiger partial charge in [-0.05, 0) is 87.0 Å². The normalized spacial score (nSPS) is 15.1. The fourth-order valence-electron chi connectivity index (χ4n) is 6.05. The van der Waals surface area contributed by atoms with Crippen molar-refractivity contribution in [2.75, 3.05) is 28.2 Å². The Labute approximate surface area is 256 Å². The van der Waals surface area contributed by atoms with Gasteiger partial charge < -0.3 is 25.3 Å². The van der Waals surface area contributed by atoms with Crippen LogP contribution in [0.15, 0.2) is 107 Å². The van der Waals surface area contributed by atoms with Gasteiger partial charge in [0.2, 0.25) is 0 Å². The highest BCUT2D eigenvalue weighted by atomic mass is 16.3. The Morgan fingerprint density at radius 2 is 1.55 bits per heavy atom. The van der Waals surface area contributed by atoms with Crippen molar-refractivity contribution < 1.29 is 10.2 Å². The zero-order valence-corrected chi connectivity index (χ0v) is 24.8. The van der Waals surface area contributed by atoms with Crippen LogP contribution >= 0.6 is 0 Å². The highest BCUT2D eigenvalue weighted by Crippen LogP contribution is 2.49. The summed E-state index contributed by atoms with van der Waals surface area (Å²) in [6, 6.07) is 30.8. The fourth-order valence-corrected chi connectivity index (χ4v) is 6.05. The molecule has 0 aliphatic carbocycles. The van der Waals surface area contributed by atoms with E-state index in [0.717, 1.165) is 58.3 Å². The number of nitrogens with zero attached hydrogens (tertiary/aromatic N) is 6. The molecule has 5 aromatic rings. The molecule has 3 heterocycles. The average molecular weight is 584 g/mol. The number of fused-ring (bicyclic) bond motifs is 4. The van der Waals surface area contributed by atoms with E-state index in [-0.39, 0.29) is 11.5 Å². The summed E-state index contributed by atoms with van der Waals surface area (Å²) in [6.07, 6.45) is 0. The molecule has 1 aromatic heterocycles. The van der Waals surface area contributed by atoms with E-state index in [4.69, 9.17) is 15.1 Å².